The average Bonchev–Trinajstić information content (AvgIpc) is 2.63. The summed E-state index contributed by atoms with van der Waals surface area (Å²) in [6.45, 7) is 12.5. The van der Waals surface area contributed by atoms with Gasteiger partial charge < -0.3 is 9.47 Å². The maximum absolute atomic E-state index is 14.5. The van der Waals surface area contributed by atoms with Gasteiger partial charge in [0, 0.05) is 12.7 Å². The van der Waals surface area contributed by atoms with Crippen molar-refractivity contribution in [2.45, 2.75) is 54.1 Å². The molecular formula is C23H33FO2. The van der Waals surface area contributed by atoms with Crippen molar-refractivity contribution in [3.8, 4) is 16.9 Å². The van der Waals surface area contributed by atoms with Gasteiger partial charge in [-0.3, -0.25) is 0 Å². The van der Waals surface area contributed by atoms with E-state index in [1.54, 1.807) is 26.4 Å². The van der Waals surface area contributed by atoms with Crippen LogP contribution in [0.4, 0.5) is 4.39 Å². The highest BCUT2D eigenvalue weighted by Gasteiger charge is 2.29. The summed E-state index contributed by atoms with van der Waals surface area (Å²) in [7, 11) is 3.30. The molecule has 2 aromatic carbocycles. The summed E-state index contributed by atoms with van der Waals surface area (Å²) in [6.07, 6.45) is 0.790. The van der Waals surface area contributed by atoms with E-state index in [1.165, 1.54) is 11.6 Å². The number of hydrogen-bond donors (Lipinski definition) is 0. The minimum atomic E-state index is -0.259. The van der Waals surface area contributed by atoms with Crippen molar-refractivity contribution >= 4 is 0 Å². The van der Waals surface area contributed by atoms with Crippen LogP contribution < -0.4 is 4.74 Å². The lowest BCUT2D eigenvalue weighted by Crippen LogP contribution is -2.21. The molecule has 2 rings (SSSR count). The Morgan fingerprint density at radius 2 is 1.62 bits per heavy atom. The zero-order valence-corrected chi connectivity index (χ0v) is 17.4. The largest absolute Gasteiger partial charge is 0.497 e. The first-order chi connectivity index (χ1) is 12.3. The number of halogens is 1. The predicted octanol–water partition coefficient (Wildman–Crippen LogP) is 6.82. The molecule has 1 unspecified atom stereocenters. The van der Waals surface area contributed by atoms with Gasteiger partial charge in [-0.2, -0.15) is 0 Å². The van der Waals surface area contributed by atoms with Crippen LogP contribution in [0.5, 0.6) is 5.75 Å². The second kappa shape index (κ2) is 9.72. The molecule has 0 amide bonds. The van der Waals surface area contributed by atoms with Crippen LogP contribution in [0.2, 0.25) is 0 Å². The van der Waals surface area contributed by atoms with Crippen LogP contribution >= 0.6 is 0 Å². The van der Waals surface area contributed by atoms with Gasteiger partial charge in [-0.25, -0.2) is 4.39 Å². The van der Waals surface area contributed by atoms with Gasteiger partial charge in [-0.05, 0) is 46.7 Å². The van der Waals surface area contributed by atoms with Crippen molar-refractivity contribution in [3.05, 3.63) is 53.3 Å². The molecular weight excluding hydrogens is 327 g/mol. The highest BCUT2D eigenvalue weighted by atomic mass is 19.1. The molecule has 0 fully saturated rings. The minimum absolute atomic E-state index is 0.106. The summed E-state index contributed by atoms with van der Waals surface area (Å²) >= 11 is 0. The van der Waals surface area contributed by atoms with Gasteiger partial charge >= 0.3 is 0 Å². The molecule has 0 radical (unpaired) electrons. The third-order valence-electron chi connectivity index (χ3n) is 4.29. The van der Waals surface area contributed by atoms with E-state index in [0.717, 1.165) is 17.5 Å². The molecule has 144 valence electrons. The standard InChI is InChI=1S/C21H27FO2.C2H6/c1-7-14-8-10-16(17-13-15(23-5)9-11-19(17)22)18(12-14)20(24-6)21(2,3)4;1-2/h8-13,20H,7H2,1-6H3;1-2H3. The lowest BCUT2D eigenvalue weighted by Gasteiger charge is -2.32. The van der Waals surface area contributed by atoms with Gasteiger partial charge in [-0.15, -0.1) is 0 Å². The fourth-order valence-electron chi connectivity index (χ4n) is 3.08. The number of methoxy groups -OCH3 is 2. The number of benzene rings is 2. The highest BCUT2D eigenvalue weighted by Crippen LogP contribution is 2.42. The first-order valence-electron chi connectivity index (χ1n) is 9.31. The van der Waals surface area contributed by atoms with Gasteiger partial charge in [0.05, 0.1) is 13.2 Å². The van der Waals surface area contributed by atoms with Crippen LogP contribution in [0.15, 0.2) is 36.4 Å². The molecule has 1 atom stereocenters. The van der Waals surface area contributed by atoms with E-state index < -0.39 is 0 Å². The van der Waals surface area contributed by atoms with Crippen molar-refractivity contribution in [2.24, 2.45) is 5.41 Å². The second-order valence-corrected chi connectivity index (χ2v) is 7.10. The topological polar surface area (TPSA) is 18.5 Å². The van der Waals surface area contributed by atoms with Gasteiger partial charge in [0.1, 0.15) is 11.6 Å². The summed E-state index contributed by atoms with van der Waals surface area (Å²) in [5.41, 5.74) is 3.51. The fourth-order valence-corrected chi connectivity index (χ4v) is 3.08. The molecule has 0 saturated carbocycles. The molecule has 0 aromatic heterocycles. The smallest absolute Gasteiger partial charge is 0.131 e. The Morgan fingerprint density at radius 1 is 0.962 bits per heavy atom. The van der Waals surface area contributed by atoms with E-state index in [9.17, 15) is 4.39 Å². The van der Waals surface area contributed by atoms with E-state index in [1.807, 2.05) is 26.0 Å². The summed E-state index contributed by atoms with van der Waals surface area (Å²) in [4.78, 5) is 0. The Morgan fingerprint density at radius 3 is 2.12 bits per heavy atom. The normalized spacial score (nSPS) is 12.2. The molecule has 0 bridgehead atoms. The van der Waals surface area contributed by atoms with E-state index in [0.29, 0.717) is 11.3 Å². The molecule has 0 aliphatic rings. The molecule has 0 aliphatic heterocycles. The molecule has 2 nitrogen and oxygen atoms in total. The molecule has 3 heteroatoms. The molecule has 0 spiro atoms. The third-order valence-corrected chi connectivity index (χ3v) is 4.29. The Kier molecular flexibility index (Phi) is 8.29. The minimum Gasteiger partial charge on any atom is -0.497 e. The lowest BCUT2D eigenvalue weighted by molar-refractivity contribution is 0.0155. The van der Waals surface area contributed by atoms with Crippen molar-refractivity contribution in [2.75, 3.05) is 14.2 Å². The van der Waals surface area contributed by atoms with Gasteiger partial charge in [0.15, 0.2) is 0 Å². The summed E-state index contributed by atoms with van der Waals surface area (Å²) in [5.74, 6) is 0.381. The molecule has 26 heavy (non-hydrogen) atoms. The Bertz CT molecular complexity index is 702. The summed E-state index contributed by atoms with van der Waals surface area (Å²) in [5, 5.41) is 0. The van der Waals surface area contributed by atoms with E-state index in [4.69, 9.17) is 9.47 Å². The van der Waals surface area contributed by atoms with Crippen molar-refractivity contribution in [1.82, 2.24) is 0 Å². The Hall–Kier alpha value is -1.87. The number of hydrogen-bond acceptors (Lipinski definition) is 2. The third kappa shape index (κ3) is 5.07. The maximum atomic E-state index is 14.5. The Balaban J connectivity index is 0.00000163. The lowest BCUT2D eigenvalue weighted by atomic mass is 9.81. The van der Waals surface area contributed by atoms with Crippen molar-refractivity contribution < 1.29 is 13.9 Å². The summed E-state index contributed by atoms with van der Waals surface area (Å²) in [6, 6.07) is 11.0. The number of aryl methyl sites for hydroxylation is 1. The summed E-state index contributed by atoms with van der Waals surface area (Å²) < 4.78 is 25.6. The van der Waals surface area contributed by atoms with Crippen LogP contribution in [0.3, 0.4) is 0 Å². The van der Waals surface area contributed by atoms with E-state index >= 15 is 0 Å². The van der Waals surface area contributed by atoms with E-state index in [2.05, 4.69) is 33.8 Å². The van der Waals surface area contributed by atoms with Gasteiger partial charge in [-0.1, -0.05) is 59.7 Å². The predicted molar refractivity (Wildman–Crippen MR) is 108 cm³/mol. The van der Waals surface area contributed by atoms with Crippen LogP contribution in [-0.4, -0.2) is 14.2 Å². The molecule has 0 aliphatic carbocycles. The zero-order valence-electron chi connectivity index (χ0n) is 17.4. The SMILES string of the molecule is CC.CCc1ccc(-c2cc(OC)ccc2F)c(C(OC)C(C)(C)C)c1. The molecule has 0 saturated heterocycles. The number of rotatable bonds is 5. The average molecular weight is 361 g/mol. The maximum Gasteiger partial charge on any atom is 0.131 e. The van der Waals surface area contributed by atoms with E-state index in [-0.39, 0.29) is 17.3 Å². The van der Waals surface area contributed by atoms with Crippen LogP contribution in [-0.2, 0) is 11.2 Å². The van der Waals surface area contributed by atoms with Crippen molar-refractivity contribution in [3.63, 3.8) is 0 Å². The second-order valence-electron chi connectivity index (χ2n) is 7.10. The molecule has 2 aromatic rings. The first kappa shape index (κ1) is 22.2. The quantitative estimate of drug-likeness (QED) is 0.582. The van der Waals surface area contributed by atoms with Crippen molar-refractivity contribution in [1.29, 1.82) is 0 Å². The van der Waals surface area contributed by atoms with Crippen LogP contribution in [0, 0.1) is 11.2 Å². The monoisotopic (exact) mass is 360 g/mol. The van der Waals surface area contributed by atoms with Crippen LogP contribution in [0.1, 0.15) is 58.8 Å². The van der Waals surface area contributed by atoms with Crippen LogP contribution in [0.25, 0.3) is 11.1 Å². The number of ether oxygens (including phenoxy) is 2. The first-order valence-corrected chi connectivity index (χ1v) is 9.31. The fraction of sp³-hybridized carbons (Fsp3) is 0.478. The zero-order chi connectivity index (χ0) is 19.9. The Labute approximate surface area is 158 Å². The van der Waals surface area contributed by atoms with Gasteiger partial charge in [0.25, 0.3) is 0 Å². The molecule has 0 heterocycles. The highest BCUT2D eigenvalue weighted by molar-refractivity contribution is 5.70. The molecule has 0 N–H and O–H groups in total. The van der Waals surface area contributed by atoms with Gasteiger partial charge in [0.2, 0.25) is 0 Å².